The van der Waals surface area contributed by atoms with Crippen LogP contribution in [-0.4, -0.2) is 16.2 Å². The summed E-state index contributed by atoms with van der Waals surface area (Å²) in [6.07, 6.45) is 1.79. The number of benzene rings is 2. The first kappa shape index (κ1) is 13.4. The standard InChI is InChI=1S/C17H18N4/c1-12(2)14-9-7-13(8-10-14)11-18-21-17-19-15-5-3-4-6-16(15)20-17/h3-12H,1-2H3,(H2,19,20,21)/b18-11+. The molecule has 21 heavy (non-hydrogen) atoms. The molecule has 0 saturated heterocycles. The second kappa shape index (κ2) is 5.79. The number of nitrogens with zero attached hydrogens (tertiary/aromatic N) is 2. The maximum absolute atomic E-state index is 4.40. The van der Waals surface area contributed by atoms with Gasteiger partial charge >= 0.3 is 0 Å². The van der Waals surface area contributed by atoms with Gasteiger partial charge in [-0.2, -0.15) is 5.10 Å². The Balaban J connectivity index is 1.68. The largest absolute Gasteiger partial charge is 0.323 e. The summed E-state index contributed by atoms with van der Waals surface area (Å²) >= 11 is 0. The Labute approximate surface area is 123 Å². The smallest absolute Gasteiger partial charge is 0.222 e. The third kappa shape index (κ3) is 3.11. The molecule has 0 aliphatic carbocycles. The maximum atomic E-state index is 4.40. The van der Waals surface area contributed by atoms with E-state index in [-0.39, 0.29) is 0 Å². The second-order valence-corrected chi connectivity index (χ2v) is 5.29. The van der Waals surface area contributed by atoms with Crippen molar-refractivity contribution in [1.29, 1.82) is 0 Å². The molecule has 0 saturated carbocycles. The number of aromatic amines is 1. The van der Waals surface area contributed by atoms with E-state index in [1.165, 1.54) is 5.56 Å². The van der Waals surface area contributed by atoms with Crippen molar-refractivity contribution in [2.45, 2.75) is 19.8 Å². The van der Waals surface area contributed by atoms with Gasteiger partial charge in [-0.3, -0.25) is 0 Å². The lowest BCUT2D eigenvalue weighted by Gasteiger charge is -2.04. The number of nitrogens with one attached hydrogen (secondary N) is 2. The topological polar surface area (TPSA) is 53.1 Å². The highest BCUT2D eigenvalue weighted by atomic mass is 15.3. The zero-order chi connectivity index (χ0) is 14.7. The third-order valence-electron chi connectivity index (χ3n) is 3.38. The minimum atomic E-state index is 0.546. The van der Waals surface area contributed by atoms with E-state index >= 15 is 0 Å². The molecular formula is C17H18N4. The van der Waals surface area contributed by atoms with Crippen LogP contribution in [0.5, 0.6) is 0 Å². The summed E-state index contributed by atoms with van der Waals surface area (Å²) in [6.45, 7) is 4.37. The number of hydrazone groups is 1. The molecule has 3 rings (SSSR count). The molecule has 3 aromatic rings. The molecule has 0 bridgehead atoms. The zero-order valence-corrected chi connectivity index (χ0v) is 12.2. The number of hydrogen-bond donors (Lipinski definition) is 2. The Morgan fingerprint density at radius 1 is 1.10 bits per heavy atom. The minimum Gasteiger partial charge on any atom is -0.323 e. The van der Waals surface area contributed by atoms with Crippen molar-refractivity contribution in [2.75, 3.05) is 5.43 Å². The number of fused-ring (bicyclic) bond motifs is 1. The molecule has 106 valence electrons. The van der Waals surface area contributed by atoms with Crippen LogP contribution >= 0.6 is 0 Å². The van der Waals surface area contributed by atoms with Gasteiger partial charge in [-0.15, -0.1) is 0 Å². The molecule has 0 fully saturated rings. The van der Waals surface area contributed by atoms with E-state index < -0.39 is 0 Å². The number of para-hydroxylation sites is 2. The quantitative estimate of drug-likeness (QED) is 0.557. The van der Waals surface area contributed by atoms with Crippen molar-refractivity contribution in [2.24, 2.45) is 5.10 Å². The molecule has 4 heteroatoms. The van der Waals surface area contributed by atoms with Crippen molar-refractivity contribution in [3.63, 3.8) is 0 Å². The fraction of sp³-hybridized carbons (Fsp3) is 0.176. The number of hydrogen-bond acceptors (Lipinski definition) is 3. The van der Waals surface area contributed by atoms with Crippen LogP contribution in [0.15, 0.2) is 53.6 Å². The van der Waals surface area contributed by atoms with Gasteiger partial charge in [-0.25, -0.2) is 10.4 Å². The van der Waals surface area contributed by atoms with E-state index in [2.05, 4.69) is 58.6 Å². The van der Waals surface area contributed by atoms with Gasteiger partial charge in [-0.1, -0.05) is 50.2 Å². The first-order valence-electron chi connectivity index (χ1n) is 7.06. The molecule has 0 aliphatic heterocycles. The molecule has 1 aromatic heterocycles. The highest BCUT2D eigenvalue weighted by Gasteiger charge is 2.00. The fourth-order valence-electron chi connectivity index (χ4n) is 2.14. The van der Waals surface area contributed by atoms with Gasteiger partial charge < -0.3 is 4.98 Å². The Hall–Kier alpha value is -2.62. The molecule has 0 radical (unpaired) electrons. The maximum Gasteiger partial charge on any atom is 0.222 e. The van der Waals surface area contributed by atoms with Crippen molar-refractivity contribution in [3.05, 3.63) is 59.7 Å². The number of aromatic nitrogens is 2. The minimum absolute atomic E-state index is 0.546. The van der Waals surface area contributed by atoms with E-state index in [4.69, 9.17) is 0 Å². The van der Waals surface area contributed by atoms with Crippen LogP contribution in [0, 0.1) is 0 Å². The summed E-state index contributed by atoms with van der Waals surface area (Å²) in [5.74, 6) is 1.19. The van der Waals surface area contributed by atoms with Gasteiger partial charge in [0, 0.05) is 0 Å². The Bertz CT molecular complexity index is 721. The van der Waals surface area contributed by atoms with Crippen LogP contribution in [0.2, 0.25) is 0 Å². The highest BCUT2D eigenvalue weighted by Crippen LogP contribution is 2.14. The van der Waals surface area contributed by atoms with Crippen LogP contribution in [0.4, 0.5) is 5.95 Å². The molecule has 0 atom stereocenters. The van der Waals surface area contributed by atoms with Crippen molar-refractivity contribution < 1.29 is 0 Å². The summed E-state index contributed by atoms with van der Waals surface area (Å²) in [7, 11) is 0. The fourth-order valence-corrected chi connectivity index (χ4v) is 2.14. The van der Waals surface area contributed by atoms with Crippen LogP contribution in [-0.2, 0) is 0 Å². The number of anilines is 1. The second-order valence-electron chi connectivity index (χ2n) is 5.29. The molecule has 2 N–H and O–H groups in total. The Kier molecular flexibility index (Phi) is 3.69. The Morgan fingerprint density at radius 2 is 1.86 bits per heavy atom. The zero-order valence-electron chi connectivity index (χ0n) is 12.2. The number of imidazole rings is 1. The number of rotatable bonds is 4. The van der Waals surface area contributed by atoms with E-state index in [0.29, 0.717) is 11.9 Å². The highest BCUT2D eigenvalue weighted by molar-refractivity contribution is 5.81. The van der Waals surface area contributed by atoms with Gasteiger partial charge in [0.25, 0.3) is 0 Å². The van der Waals surface area contributed by atoms with Crippen molar-refractivity contribution in [1.82, 2.24) is 9.97 Å². The summed E-state index contributed by atoms with van der Waals surface area (Å²) in [5, 5.41) is 4.21. The molecular weight excluding hydrogens is 260 g/mol. The molecule has 0 spiro atoms. The molecule has 0 unspecified atom stereocenters. The van der Waals surface area contributed by atoms with Gasteiger partial charge in [0.2, 0.25) is 5.95 Å². The summed E-state index contributed by atoms with van der Waals surface area (Å²) in [6, 6.07) is 16.3. The summed E-state index contributed by atoms with van der Waals surface area (Å²) in [5.41, 5.74) is 7.24. The lowest BCUT2D eigenvalue weighted by molar-refractivity contribution is 0.866. The summed E-state index contributed by atoms with van der Waals surface area (Å²) in [4.78, 5) is 7.57. The van der Waals surface area contributed by atoms with Crippen molar-refractivity contribution >= 4 is 23.2 Å². The Morgan fingerprint density at radius 3 is 2.57 bits per heavy atom. The summed E-state index contributed by atoms with van der Waals surface area (Å²) < 4.78 is 0. The average molecular weight is 278 g/mol. The van der Waals surface area contributed by atoms with Gasteiger partial charge in [0.1, 0.15) is 0 Å². The molecule has 4 nitrogen and oxygen atoms in total. The van der Waals surface area contributed by atoms with Crippen LogP contribution in [0.1, 0.15) is 30.9 Å². The third-order valence-corrected chi connectivity index (χ3v) is 3.38. The predicted molar refractivity (Wildman–Crippen MR) is 87.8 cm³/mol. The molecule has 0 aliphatic rings. The predicted octanol–water partition coefficient (Wildman–Crippen LogP) is 4.13. The van der Waals surface area contributed by atoms with E-state index in [0.717, 1.165) is 16.6 Å². The van der Waals surface area contributed by atoms with E-state index in [1.807, 2.05) is 24.3 Å². The molecule has 1 heterocycles. The van der Waals surface area contributed by atoms with Crippen LogP contribution in [0.3, 0.4) is 0 Å². The molecule has 2 aromatic carbocycles. The normalized spacial score (nSPS) is 11.6. The first-order chi connectivity index (χ1) is 10.2. The van der Waals surface area contributed by atoms with Crippen molar-refractivity contribution in [3.8, 4) is 0 Å². The van der Waals surface area contributed by atoms with Gasteiger partial charge in [-0.05, 0) is 29.2 Å². The first-order valence-corrected chi connectivity index (χ1v) is 7.06. The number of H-pyrrole nitrogens is 1. The van der Waals surface area contributed by atoms with Crippen LogP contribution in [0.25, 0.3) is 11.0 Å². The average Bonchev–Trinajstić information content (AvgIpc) is 2.90. The van der Waals surface area contributed by atoms with E-state index in [9.17, 15) is 0 Å². The SMILES string of the molecule is CC(C)c1ccc(/C=N/Nc2nc3ccccc3[nH]2)cc1. The van der Waals surface area contributed by atoms with Gasteiger partial charge in [0.05, 0.1) is 17.2 Å². The lowest BCUT2D eigenvalue weighted by Crippen LogP contribution is -1.93. The monoisotopic (exact) mass is 278 g/mol. The lowest BCUT2D eigenvalue weighted by atomic mass is 10.0. The van der Waals surface area contributed by atoms with Gasteiger partial charge in [0.15, 0.2) is 0 Å². The van der Waals surface area contributed by atoms with E-state index in [1.54, 1.807) is 6.21 Å². The van der Waals surface area contributed by atoms with Crippen LogP contribution < -0.4 is 5.43 Å². The molecule has 0 amide bonds.